The molecule has 5 heteroatoms. The van der Waals surface area contributed by atoms with Crippen molar-refractivity contribution in [1.29, 1.82) is 0 Å². The highest BCUT2D eigenvalue weighted by Gasteiger charge is 2.16. The minimum atomic E-state index is -1.09. The molecule has 0 aliphatic heterocycles. The van der Waals surface area contributed by atoms with E-state index in [1.54, 1.807) is 0 Å². The third kappa shape index (κ3) is 4.05. The lowest BCUT2D eigenvalue weighted by Crippen LogP contribution is -2.39. The molecule has 11 heavy (non-hydrogen) atoms. The number of aliphatic hydroxyl groups excluding tert-OH is 3. The number of hydrogen-bond acceptors (Lipinski definition) is 5. The molecule has 0 saturated heterocycles. The highest BCUT2D eigenvalue weighted by molar-refractivity contribution is 5.80. The van der Waals surface area contributed by atoms with Crippen molar-refractivity contribution in [2.45, 2.75) is 18.6 Å². The Balaban J connectivity index is 3.67. The summed E-state index contributed by atoms with van der Waals surface area (Å²) in [7, 11) is 0. The molecule has 0 aliphatic carbocycles. The third-order valence-electron chi connectivity index (χ3n) is 1.32. The number of carbonyl (C=O) groups excluding carboxylic acids is 1. The number of Topliss-reactive ketones (excluding diaryl/α,β-unsaturated/α-hetero) is 1. The van der Waals surface area contributed by atoms with Gasteiger partial charge in [0.25, 0.3) is 0 Å². The Morgan fingerprint density at radius 2 is 2.00 bits per heavy atom. The predicted octanol–water partition coefficient (Wildman–Crippen LogP) is -2.38. The van der Waals surface area contributed by atoms with E-state index in [-0.39, 0.29) is 6.42 Å². The van der Waals surface area contributed by atoms with Crippen molar-refractivity contribution in [2.24, 2.45) is 5.73 Å². The Morgan fingerprint density at radius 3 is 2.36 bits per heavy atom. The summed E-state index contributed by atoms with van der Waals surface area (Å²) in [5.74, 6) is -0.440. The van der Waals surface area contributed by atoms with E-state index in [4.69, 9.17) is 21.1 Å². The van der Waals surface area contributed by atoms with E-state index < -0.39 is 31.1 Å². The van der Waals surface area contributed by atoms with E-state index in [9.17, 15) is 4.79 Å². The first-order valence-electron chi connectivity index (χ1n) is 3.29. The number of nitrogens with two attached hydrogens (primary N) is 1. The monoisotopic (exact) mass is 163 g/mol. The molecular weight excluding hydrogens is 150 g/mol. The summed E-state index contributed by atoms with van der Waals surface area (Å²) in [6.45, 7) is -1.05. The fourth-order valence-electron chi connectivity index (χ4n) is 0.599. The van der Waals surface area contributed by atoms with E-state index in [1.165, 1.54) is 0 Å². The fraction of sp³-hybridized carbons (Fsp3) is 0.833. The van der Waals surface area contributed by atoms with Gasteiger partial charge in [0.2, 0.25) is 0 Å². The SMILES string of the molecule is N[C@@H](CC(=O)CO)[C@H](O)CO. The van der Waals surface area contributed by atoms with Crippen LogP contribution in [0.2, 0.25) is 0 Å². The van der Waals surface area contributed by atoms with Gasteiger partial charge in [-0.2, -0.15) is 0 Å². The van der Waals surface area contributed by atoms with Gasteiger partial charge in [-0.05, 0) is 0 Å². The fourth-order valence-corrected chi connectivity index (χ4v) is 0.599. The molecule has 66 valence electrons. The van der Waals surface area contributed by atoms with Gasteiger partial charge >= 0.3 is 0 Å². The van der Waals surface area contributed by atoms with Crippen LogP contribution in [0.5, 0.6) is 0 Å². The van der Waals surface area contributed by atoms with Gasteiger partial charge in [0.05, 0.1) is 12.7 Å². The minimum absolute atomic E-state index is 0.113. The van der Waals surface area contributed by atoms with Crippen LogP contribution in [0.3, 0.4) is 0 Å². The summed E-state index contributed by atoms with van der Waals surface area (Å²) >= 11 is 0. The summed E-state index contributed by atoms with van der Waals surface area (Å²) in [4.78, 5) is 10.5. The Morgan fingerprint density at radius 1 is 1.45 bits per heavy atom. The molecule has 0 radical (unpaired) electrons. The highest BCUT2D eigenvalue weighted by Crippen LogP contribution is 1.95. The maximum atomic E-state index is 10.5. The zero-order valence-electron chi connectivity index (χ0n) is 6.10. The first-order valence-corrected chi connectivity index (χ1v) is 3.29. The average molecular weight is 163 g/mol. The summed E-state index contributed by atoms with van der Waals surface area (Å²) in [6, 6.07) is -0.792. The molecule has 0 amide bonds. The van der Waals surface area contributed by atoms with Crippen LogP contribution in [-0.4, -0.2) is 46.5 Å². The van der Waals surface area contributed by atoms with E-state index >= 15 is 0 Å². The zero-order valence-corrected chi connectivity index (χ0v) is 6.10. The summed E-state index contributed by atoms with van der Waals surface area (Å²) in [5.41, 5.74) is 5.26. The quantitative estimate of drug-likeness (QED) is 0.362. The second kappa shape index (κ2) is 5.20. The summed E-state index contributed by atoms with van der Waals surface area (Å²) in [6.07, 6.45) is -1.20. The van der Waals surface area contributed by atoms with Crippen molar-refractivity contribution < 1.29 is 20.1 Å². The summed E-state index contributed by atoms with van der Waals surface area (Å²) < 4.78 is 0. The molecule has 0 aromatic rings. The number of rotatable bonds is 5. The number of aliphatic hydroxyl groups is 3. The standard InChI is InChI=1S/C6H13NO4/c7-5(6(11)3-9)1-4(10)2-8/h5-6,8-9,11H,1-3,7H2/t5-,6+/m0/s1. The van der Waals surface area contributed by atoms with Crippen LogP contribution in [0.15, 0.2) is 0 Å². The number of ketones is 1. The van der Waals surface area contributed by atoms with Gasteiger partial charge in [-0.1, -0.05) is 0 Å². The lowest BCUT2D eigenvalue weighted by atomic mass is 10.1. The van der Waals surface area contributed by atoms with Gasteiger partial charge in [-0.25, -0.2) is 0 Å². The van der Waals surface area contributed by atoms with Crippen LogP contribution in [-0.2, 0) is 4.79 Å². The van der Waals surface area contributed by atoms with Crippen LogP contribution in [0.1, 0.15) is 6.42 Å². The number of hydrogen-bond donors (Lipinski definition) is 4. The second-order valence-electron chi connectivity index (χ2n) is 2.31. The van der Waals surface area contributed by atoms with E-state index in [1.807, 2.05) is 0 Å². The molecule has 0 unspecified atom stereocenters. The summed E-state index contributed by atoms with van der Waals surface area (Å²) in [5, 5.41) is 25.5. The van der Waals surface area contributed by atoms with Gasteiger partial charge < -0.3 is 21.1 Å². The van der Waals surface area contributed by atoms with Crippen LogP contribution in [0.25, 0.3) is 0 Å². The molecule has 0 heterocycles. The molecule has 0 saturated carbocycles. The van der Waals surface area contributed by atoms with Gasteiger partial charge in [-0.3, -0.25) is 4.79 Å². The largest absolute Gasteiger partial charge is 0.394 e. The van der Waals surface area contributed by atoms with E-state index in [2.05, 4.69) is 0 Å². The second-order valence-corrected chi connectivity index (χ2v) is 2.31. The lowest BCUT2D eigenvalue weighted by molar-refractivity contribution is -0.122. The first-order chi connectivity index (χ1) is 5.11. The molecule has 0 spiro atoms. The van der Waals surface area contributed by atoms with Crippen LogP contribution in [0.4, 0.5) is 0 Å². The van der Waals surface area contributed by atoms with Gasteiger partial charge in [0.15, 0.2) is 5.78 Å². The van der Waals surface area contributed by atoms with Crippen LogP contribution < -0.4 is 5.73 Å². The van der Waals surface area contributed by atoms with Crippen molar-refractivity contribution in [3.8, 4) is 0 Å². The lowest BCUT2D eigenvalue weighted by Gasteiger charge is -2.14. The van der Waals surface area contributed by atoms with Crippen molar-refractivity contribution in [3.63, 3.8) is 0 Å². The normalized spacial score (nSPS) is 16.0. The molecule has 0 rings (SSSR count). The molecule has 0 aromatic carbocycles. The molecule has 0 aromatic heterocycles. The topological polar surface area (TPSA) is 104 Å². The van der Waals surface area contributed by atoms with Crippen LogP contribution in [0, 0.1) is 0 Å². The maximum Gasteiger partial charge on any atom is 0.159 e. The predicted molar refractivity (Wildman–Crippen MR) is 37.8 cm³/mol. The molecule has 5 N–H and O–H groups in total. The Kier molecular flexibility index (Phi) is 4.97. The third-order valence-corrected chi connectivity index (χ3v) is 1.32. The zero-order chi connectivity index (χ0) is 8.85. The molecule has 5 nitrogen and oxygen atoms in total. The van der Waals surface area contributed by atoms with Crippen molar-refractivity contribution >= 4 is 5.78 Å². The van der Waals surface area contributed by atoms with Crippen molar-refractivity contribution in [3.05, 3.63) is 0 Å². The highest BCUT2D eigenvalue weighted by atomic mass is 16.3. The van der Waals surface area contributed by atoms with Gasteiger partial charge in [-0.15, -0.1) is 0 Å². The number of carbonyl (C=O) groups is 1. The molecular formula is C6H13NO4. The van der Waals surface area contributed by atoms with E-state index in [0.29, 0.717) is 0 Å². The van der Waals surface area contributed by atoms with Gasteiger partial charge in [0.1, 0.15) is 6.61 Å². The molecule has 0 aliphatic rings. The van der Waals surface area contributed by atoms with Crippen LogP contribution >= 0.6 is 0 Å². The first kappa shape index (κ1) is 10.5. The van der Waals surface area contributed by atoms with Crippen molar-refractivity contribution in [1.82, 2.24) is 0 Å². The Bertz CT molecular complexity index is 128. The van der Waals surface area contributed by atoms with E-state index in [0.717, 1.165) is 0 Å². The molecule has 0 fully saturated rings. The molecule has 2 atom stereocenters. The Hall–Kier alpha value is -0.490. The van der Waals surface area contributed by atoms with Gasteiger partial charge in [0, 0.05) is 12.5 Å². The molecule has 0 bridgehead atoms. The average Bonchev–Trinajstić information content (AvgIpc) is 2.02. The minimum Gasteiger partial charge on any atom is -0.394 e. The smallest absolute Gasteiger partial charge is 0.159 e. The Labute approximate surface area is 64.4 Å². The van der Waals surface area contributed by atoms with Crippen molar-refractivity contribution in [2.75, 3.05) is 13.2 Å². The maximum absolute atomic E-state index is 10.5.